The van der Waals surface area contributed by atoms with Crippen LogP contribution in [0.3, 0.4) is 0 Å². The molecule has 6 nitrogen and oxygen atoms in total. The molecule has 19 heavy (non-hydrogen) atoms. The maximum atomic E-state index is 5.74. The molecule has 1 saturated carbocycles. The Bertz CT molecular complexity index is 472. The Kier molecular flexibility index (Phi) is 3.06. The minimum absolute atomic E-state index is 0.140. The van der Waals surface area contributed by atoms with Gasteiger partial charge < -0.3 is 15.1 Å². The second-order valence-corrected chi connectivity index (χ2v) is 5.92. The van der Waals surface area contributed by atoms with Crippen LogP contribution >= 0.6 is 0 Å². The van der Waals surface area contributed by atoms with Crippen molar-refractivity contribution in [3.8, 4) is 0 Å². The third-order valence-electron chi connectivity index (χ3n) is 3.57. The Morgan fingerprint density at radius 3 is 2.84 bits per heavy atom. The molecule has 2 fully saturated rings. The molecule has 0 spiro atoms. The highest BCUT2D eigenvalue weighted by Crippen LogP contribution is 2.39. The largest absolute Gasteiger partial charge is 0.372 e. The highest BCUT2D eigenvalue weighted by atomic mass is 16.5. The fraction of sp³-hybridized carbons (Fsp3) is 0.692. The van der Waals surface area contributed by atoms with E-state index in [1.807, 2.05) is 6.07 Å². The zero-order chi connectivity index (χ0) is 13.5. The van der Waals surface area contributed by atoms with Gasteiger partial charge in [-0.3, -0.25) is 0 Å². The number of rotatable bonds is 3. The van der Waals surface area contributed by atoms with Gasteiger partial charge in [-0.25, -0.2) is 15.8 Å². The fourth-order valence-electron chi connectivity index (χ4n) is 2.42. The molecule has 6 heteroatoms. The van der Waals surface area contributed by atoms with Crippen molar-refractivity contribution in [3.05, 3.63) is 11.9 Å². The number of aromatic nitrogens is 2. The van der Waals surface area contributed by atoms with E-state index in [4.69, 9.17) is 15.6 Å². The molecule has 2 aliphatic rings. The van der Waals surface area contributed by atoms with Gasteiger partial charge in [0.2, 0.25) is 0 Å². The van der Waals surface area contributed by atoms with Crippen LogP contribution in [0.5, 0.6) is 0 Å². The van der Waals surface area contributed by atoms with Crippen LogP contribution in [-0.2, 0) is 4.74 Å². The summed E-state index contributed by atoms with van der Waals surface area (Å²) in [6.07, 6.45) is 2.37. The van der Waals surface area contributed by atoms with Crippen molar-refractivity contribution in [2.24, 2.45) is 5.84 Å². The molecule has 0 bridgehead atoms. The van der Waals surface area contributed by atoms with Crippen molar-refractivity contribution in [3.63, 3.8) is 0 Å². The summed E-state index contributed by atoms with van der Waals surface area (Å²) in [5.41, 5.74) is 2.50. The van der Waals surface area contributed by atoms with Crippen LogP contribution in [0.2, 0.25) is 0 Å². The van der Waals surface area contributed by atoms with Crippen LogP contribution in [0.25, 0.3) is 0 Å². The summed E-state index contributed by atoms with van der Waals surface area (Å²) in [5, 5.41) is 0. The first-order chi connectivity index (χ1) is 9.07. The summed E-state index contributed by atoms with van der Waals surface area (Å²) in [7, 11) is 0. The Labute approximate surface area is 113 Å². The van der Waals surface area contributed by atoms with Crippen LogP contribution in [0, 0.1) is 0 Å². The zero-order valence-corrected chi connectivity index (χ0v) is 11.5. The quantitative estimate of drug-likeness (QED) is 0.631. The Morgan fingerprint density at radius 1 is 1.42 bits per heavy atom. The first-order valence-electron chi connectivity index (χ1n) is 6.82. The minimum atomic E-state index is -0.140. The molecule has 0 aromatic carbocycles. The number of ether oxygens (including phenoxy) is 1. The van der Waals surface area contributed by atoms with Crippen LogP contribution < -0.4 is 16.2 Å². The van der Waals surface area contributed by atoms with Gasteiger partial charge in [0.25, 0.3) is 0 Å². The number of nitrogens with two attached hydrogens (primary N) is 1. The lowest BCUT2D eigenvalue weighted by atomic mass is 10.1. The van der Waals surface area contributed by atoms with Crippen LogP contribution in [0.4, 0.5) is 11.6 Å². The normalized spacial score (nSPS) is 22.4. The van der Waals surface area contributed by atoms with Crippen molar-refractivity contribution >= 4 is 11.6 Å². The van der Waals surface area contributed by atoms with Crippen molar-refractivity contribution in [2.75, 3.05) is 30.0 Å². The molecule has 1 aromatic rings. The molecule has 0 amide bonds. The Morgan fingerprint density at radius 2 is 2.21 bits per heavy atom. The average molecular weight is 263 g/mol. The van der Waals surface area contributed by atoms with E-state index in [-0.39, 0.29) is 5.60 Å². The van der Waals surface area contributed by atoms with E-state index in [1.54, 1.807) is 0 Å². The van der Waals surface area contributed by atoms with Crippen molar-refractivity contribution in [1.82, 2.24) is 9.97 Å². The van der Waals surface area contributed by atoms with Gasteiger partial charge in [-0.15, -0.1) is 0 Å². The zero-order valence-electron chi connectivity index (χ0n) is 11.5. The topological polar surface area (TPSA) is 76.3 Å². The number of nitrogens with zero attached hydrogens (tertiary/aromatic N) is 3. The number of hydrazine groups is 1. The summed E-state index contributed by atoms with van der Waals surface area (Å²) >= 11 is 0. The van der Waals surface area contributed by atoms with E-state index in [2.05, 4.69) is 29.2 Å². The standard InChI is InChI=1S/C13H21N5O/c1-13(2)8-18(5-6-19-13)11-7-10(17-14)15-12(16-11)9-3-4-9/h7,9H,3-6,8,14H2,1-2H3,(H,15,16,17). The summed E-state index contributed by atoms with van der Waals surface area (Å²) in [4.78, 5) is 11.4. The number of anilines is 2. The van der Waals surface area contributed by atoms with E-state index in [0.29, 0.717) is 11.7 Å². The predicted octanol–water partition coefficient (Wildman–Crippen LogP) is 1.25. The summed E-state index contributed by atoms with van der Waals surface area (Å²) in [5.74, 6) is 8.57. The molecule has 1 aliphatic heterocycles. The van der Waals surface area contributed by atoms with Gasteiger partial charge >= 0.3 is 0 Å². The number of morpholine rings is 1. The summed E-state index contributed by atoms with van der Waals surface area (Å²) < 4.78 is 5.74. The molecule has 1 aromatic heterocycles. The van der Waals surface area contributed by atoms with Crippen LogP contribution in [0.1, 0.15) is 38.4 Å². The molecule has 0 atom stereocenters. The highest BCUT2D eigenvalue weighted by Gasteiger charge is 2.31. The number of hydrogen-bond acceptors (Lipinski definition) is 6. The second-order valence-electron chi connectivity index (χ2n) is 5.92. The van der Waals surface area contributed by atoms with Gasteiger partial charge in [0, 0.05) is 25.1 Å². The smallest absolute Gasteiger partial charge is 0.145 e. The fourth-order valence-corrected chi connectivity index (χ4v) is 2.42. The van der Waals surface area contributed by atoms with Gasteiger partial charge in [0.15, 0.2) is 0 Å². The number of nitrogens with one attached hydrogen (secondary N) is 1. The predicted molar refractivity (Wildman–Crippen MR) is 74.1 cm³/mol. The SMILES string of the molecule is CC1(C)CN(c2cc(NN)nc(C3CC3)n2)CCO1. The lowest BCUT2D eigenvalue weighted by Crippen LogP contribution is -2.48. The lowest BCUT2D eigenvalue weighted by molar-refractivity contribution is -0.0279. The molecule has 2 heterocycles. The molecule has 0 radical (unpaired) electrons. The van der Waals surface area contributed by atoms with Crippen molar-refractivity contribution < 1.29 is 4.74 Å². The van der Waals surface area contributed by atoms with E-state index in [1.165, 1.54) is 12.8 Å². The summed E-state index contributed by atoms with van der Waals surface area (Å²) in [6.45, 7) is 6.61. The van der Waals surface area contributed by atoms with Gasteiger partial charge in [0.1, 0.15) is 17.5 Å². The van der Waals surface area contributed by atoms with Crippen LogP contribution in [0.15, 0.2) is 6.07 Å². The molecule has 3 N–H and O–H groups in total. The molecular weight excluding hydrogens is 242 g/mol. The van der Waals surface area contributed by atoms with Crippen LogP contribution in [-0.4, -0.2) is 35.3 Å². The third kappa shape index (κ3) is 2.79. The third-order valence-corrected chi connectivity index (χ3v) is 3.57. The number of hydrogen-bond donors (Lipinski definition) is 2. The van der Waals surface area contributed by atoms with Gasteiger partial charge in [-0.1, -0.05) is 0 Å². The monoisotopic (exact) mass is 263 g/mol. The molecule has 104 valence electrons. The van der Waals surface area contributed by atoms with E-state index < -0.39 is 0 Å². The minimum Gasteiger partial charge on any atom is -0.372 e. The molecular formula is C13H21N5O. The van der Waals surface area contributed by atoms with Crippen molar-refractivity contribution in [2.45, 2.75) is 38.2 Å². The Hall–Kier alpha value is -1.40. The molecule has 3 rings (SSSR count). The van der Waals surface area contributed by atoms with E-state index in [0.717, 1.165) is 31.3 Å². The van der Waals surface area contributed by atoms with Crippen molar-refractivity contribution in [1.29, 1.82) is 0 Å². The first-order valence-corrected chi connectivity index (χ1v) is 6.82. The second kappa shape index (κ2) is 4.61. The molecule has 1 saturated heterocycles. The first kappa shape index (κ1) is 12.6. The average Bonchev–Trinajstić information content (AvgIpc) is 3.21. The van der Waals surface area contributed by atoms with Gasteiger partial charge in [0.05, 0.1) is 12.2 Å². The summed E-state index contributed by atoms with van der Waals surface area (Å²) in [6, 6.07) is 1.91. The highest BCUT2D eigenvalue weighted by molar-refractivity contribution is 5.50. The molecule has 1 aliphatic carbocycles. The maximum absolute atomic E-state index is 5.74. The lowest BCUT2D eigenvalue weighted by Gasteiger charge is -2.38. The van der Waals surface area contributed by atoms with E-state index >= 15 is 0 Å². The number of nitrogen functional groups attached to an aromatic ring is 1. The Balaban J connectivity index is 1.88. The van der Waals surface area contributed by atoms with Gasteiger partial charge in [-0.05, 0) is 26.7 Å². The molecule has 0 unspecified atom stereocenters. The van der Waals surface area contributed by atoms with Gasteiger partial charge in [-0.2, -0.15) is 0 Å². The van der Waals surface area contributed by atoms with E-state index in [9.17, 15) is 0 Å². The maximum Gasteiger partial charge on any atom is 0.145 e.